The van der Waals surface area contributed by atoms with Crippen molar-refractivity contribution in [1.29, 1.82) is 0 Å². The van der Waals surface area contributed by atoms with Crippen LogP contribution in [0.3, 0.4) is 0 Å². The van der Waals surface area contributed by atoms with Crippen LogP contribution in [-0.4, -0.2) is 6.54 Å². The lowest BCUT2D eigenvalue weighted by atomic mass is 10.2. The van der Waals surface area contributed by atoms with Gasteiger partial charge in [-0.1, -0.05) is 66.9 Å². The van der Waals surface area contributed by atoms with Crippen LogP contribution in [0.5, 0.6) is 11.5 Å². The maximum absolute atomic E-state index is 14.2. The van der Waals surface area contributed by atoms with Crippen LogP contribution in [0, 0.1) is 13.8 Å². The molecule has 0 unspecified atom stereocenters. The lowest BCUT2D eigenvalue weighted by molar-refractivity contribution is 0.373. The number of benzene rings is 3. The molecule has 158 valence electrons. The second-order valence-corrected chi connectivity index (χ2v) is 8.89. The highest BCUT2D eigenvalue weighted by Gasteiger charge is 2.38. The van der Waals surface area contributed by atoms with E-state index < -0.39 is 7.75 Å². The molecule has 0 saturated heterocycles. The van der Waals surface area contributed by atoms with Gasteiger partial charge >= 0.3 is 7.75 Å². The molecule has 0 aliphatic carbocycles. The van der Waals surface area contributed by atoms with Gasteiger partial charge in [0, 0.05) is 6.54 Å². The zero-order chi connectivity index (χ0) is 21.4. The fourth-order valence-electron chi connectivity index (χ4n) is 2.82. The highest BCUT2D eigenvalue weighted by atomic mass is 31.2. The Morgan fingerprint density at radius 2 is 1.30 bits per heavy atom. The van der Waals surface area contributed by atoms with Crippen molar-refractivity contribution in [2.75, 3.05) is 11.3 Å². The van der Waals surface area contributed by atoms with Crippen molar-refractivity contribution in [3.05, 3.63) is 90.0 Å². The molecule has 0 spiro atoms. The lowest BCUT2D eigenvalue weighted by Crippen LogP contribution is -2.39. The summed E-state index contributed by atoms with van der Waals surface area (Å²) in [4.78, 5) is 0. The van der Waals surface area contributed by atoms with Crippen molar-refractivity contribution in [2.45, 2.75) is 33.6 Å². The van der Waals surface area contributed by atoms with Gasteiger partial charge in [0.1, 0.15) is 11.5 Å². The second kappa shape index (κ2) is 10.3. The summed E-state index contributed by atoms with van der Waals surface area (Å²) in [6, 6.07) is 24.3. The number of aryl methyl sites for hydroxylation is 2. The molecule has 0 radical (unpaired) electrons. The van der Waals surface area contributed by atoms with E-state index in [1.54, 1.807) is 24.3 Å². The second-order valence-electron chi connectivity index (χ2n) is 7.19. The Hall–Kier alpha value is -2.75. The molecule has 0 atom stereocenters. The number of hydrazine groups is 1. The molecule has 6 heteroatoms. The third kappa shape index (κ3) is 5.88. The normalized spacial score (nSPS) is 11.2. The summed E-state index contributed by atoms with van der Waals surface area (Å²) in [6.07, 6.45) is 1.94. The van der Waals surface area contributed by atoms with Crippen molar-refractivity contribution in [3.63, 3.8) is 0 Å². The predicted octanol–water partition coefficient (Wildman–Crippen LogP) is 6.68. The highest BCUT2D eigenvalue weighted by Crippen LogP contribution is 2.52. The average Bonchev–Trinajstić information content (AvgIpc) is 2.75. The first-order chi connectivity index (χ1) is 14.5. The van der Waals surface area contributed by atoms with Crippen LogP contribution < -0.4 is 19.3 Å². The van der Waals surface area contributed by atoms with Crippen LogP contribution >= 0.6 is 7.75 Å². The van der Waals surface area contributed by atoms with E-state index in [4.69, 9.17) is 9.05 Å². The van der Waals surface area contributed by atoms with Gasteiger partial charge in [-0.3, -0.25) is 0 Å². The Balaban J connectivity index is 2.00. The molecular formula is C24H29N2O3P. The maximum atomic E-state index is 14.2. The van der Waals surface area contributed by atoms with Gasteiger partial charge in [0.05, 0.1) is 5.69 Å². The Labute approximate surface area is 179 Å². The minimum Gasteiger partial charge on any atom is -0.399 e. The van der Waals surface area contributed by atoms with E-state index in [2.05, 4.69) is 12.3 Å². The molecule has 3 aromatic rings. The molecule has 3 aromatic carbocycles. The molecule has 0 aliphatic rings. The van der Waals surface area contributed by atoms with E-state index in [0.29, 0.717) is 23.7 Å². The molecule has 0 bridgehead atoms. The quantitative estimate of drug-likeness (QED) is 0.223. The summed E-state index contributed by atoms with van der Waals surface area (Å²) in [5.41, 5.74) is 6.16. The first kappa shape index (κ1) is 21.9. The van der Waals surface area contributed by atoms with Gasteiger partial charge in [0.2, 0.25) is 0 Å². The largest absolute Gasteiger partial charge is 0.558 e. The zero-order valence-electron chi connectivity index (χ0n) is 17.7. The summed E-state index contributed by atoms with van der Waals surface area (Å²) >= 11 is 0. The van der Waals surface area contributed by atoms with E-state index >= 15 is 0 Å². The van der Waals surface area contributed by atoms with Crippen molar-refractivity contribution >= 4 is 13.4 Å². The van der Waals surface area contributed by atoms with E-state index in [0.717, 1.165) is 24.0 Å². The van der Waals surface area contributed by atoms with Gasteiger partial charge < -0.3 is 9.05 Å². The summed E-state index contributed by atoms with van der Waals surface area (Å²) in [5, 5.41) is 0. The van der Waals surface area contributed by atoms with Gasteiger partial charge in [-0.2, -0.15) is 4.78 Å². The number of anilines is 1. The molecule has 5 nitrogen and oxygen atoms in total. The molecule has 0 saturated carbocycles. The summed E-state index contributed by atoms with van der Waals surface area (Å²) in [7, 11) is -3.84. The van der Waals surface area contributed by atoms with Crippen LogP contribution in [0.1, 0.15) is 30.9 Å². The number of nitrogens with zero attached hydrogens (tertiary/aromatic N) is 1. The van der Waals surface area contributed by atoms with E-state index in [1.165, 1.54) is 4.78 Å². The van der Waals surface area contributed by atoms with Crippen LogP contribution in [0.15, 0.2) is 78.9 Å². The lowest BCUT2D eigenvalue weighted by Gasteiger charge is -2.32. The van der Waals surface area contributed by atoms with Crippen LogP contribution in [0.4, 0.5) is 5.69 Å². The van der Waals surface area contributed by atoms with Crippen molar-refractivity contribution in [3.8, 4) is 11.5 Å². The van der Waals surface area contributed by atoms with Gasteiger partial charge in [0.25, 0.3) is 0 Å². The third-order valence-corrected chi connectivity index (χ3v) is 6.27. The summed E-state index contributed by atoms with van der Waals surface area (Å²) < 4.78 is 27.8. The fourth-order valence-corrected chi connectivity index (χ4v) is 4.48. The van der Waals surface area contributed by atoms with Gasteiger partial charge in [-0.15, -0.1) is 0 Å². The van der Waals surface area contributed by atoms with Crippen molar-refractivity contribution in [1.82, 2.24) is 5.43 Å². The van der Waals surface area contributed by atoms with Gasteiger partial charge in [-0.05, 0) is 56.7 Å². The molecule has 0 aromatic heterocycles. The van der Waals surface area contributed by atoms with Crippen molar-refractivity contribution < 1.29 is 13.6 Å². The van der Waals surface area contributed by atoms with E-state index in [-0.39, 0.29) is 0 Å². The topological polar surface area (TPSA) is 50.8 Å². The Bertz CT molecular complexity index is 909. The number of hydrogen-bond acceptors (Lipinski definition) is 4. The minimum absolute atomic E-state index is 0.481. The number of rotatable bonds is 10. The molecule has 0 aliphatic heterocycles. The first-order valence-electron chi connectivity index (χ1n) is 10.2. The molecular weight excluding hydrogens is 395 g/mol. The standard InChI is InChI=1S/C24H29N2O3P/c1-4-5-19-25-26(22-9-7-6-8-10-22)30(27,28-23-15-11-20(2)12-16-23)29-24-17-13-21(3)14-18-24/h6-18,25H,4-5,19H2,1-3H3. The van der Waals surface area contributed by atoms with Crippen molar-refractivity contribution in [2.24, 2.45) is 0 Å². The molecule has 0 amide bonds. The van der Waals surface area contributed by atoms with E-state index in [9.17, 15) is 4.57 Å². The summed E-state index contributed by atoms with van der Waals surface area (Å²) in [5.74, 6) is 0.962. The van der Waals surface area contributed by atoms with E-state index in [1.807, 2.05) is 68.4 Å². The molecule has 30 heavy (non-hydrogen) atoms. The summed E-state index contributed by atoms with van der Waals surface area (Å²) in [6.45, 7) is 6.74. The Kier molecular flexibility index (Phi) is 7.56. The molecule has 3 rings (SSSR count). The third-order valence-electron chi connectivity index (χ3n) is 4.52. The Morgan fingerprint density at radius 3 is 1.77 bits per heavy atom. The van der Waals surface area contributed by atoms with Crippen LogP contribution in [0.25, 0.3) is 0 Å². The maximum Gasteiger partial charge on any atom is 0.558 e. The number of unbranched alkanes of at least 4 members (excludes halogenated alkanes) is 1. The molecule has 0 heterocycles. The Morgan fingerprint density at radius 1 is 0.800 bits per heavy atom. The van der Waals surface area contributed by atoms with Crippen LogP contribution in [0.2, 0.25) is 0 Å². The SMILES string of the molecule is CCCCNN(c1ccccc1)P(=O)(Oc1ccc(C)cc1)Oc1ccc(C)cc1. The zero-order valence-corrected chi connectivity index (χ0v) is 18.6. The molecule has 1 N–H and O–H groups in total. The monoisotopic (exact) mass is 424 g/mol. The smallest absolute Gasteiger partial charge is 0.399 e. The minimum atomic E-state index is -3.84. The predicted molar refractivity (Wildman–Crippen MR) is 123 cm³/mol. The average molecular weight is 424 g/mol. The van der Waals surface area contributed by atoms with Gasteiger partial charge in [0.15, 0.2) is 0 Å². The van der Waals surface area contributed by atoms with Gasteiger partial charge in [-0.25, -0.2) is 9.99 Å². The molecule has 0 fully saturated rings. The first-order valence-corrected chi connectivity index (χ1v) is 11.7. The number of para-hydroxylation sites is 1. The fraction of sp³-hybridized carbons (Fsp3) is 0.250. The number of hydrogen-bond donors (Lipinski definition) is 1. The highest BCUT2D eigenvalue weighted by molar-refractivity contribution is 7.56. The van der Waals surface area contributed by atoms with Crippen LogP contribution in [-0.2, 0) is 4.57 Å². The number of nitrogens with one attached hydrogen (secondary N) is 1.